The van der Waals surface area contributed by atoms with Gasteiger partial charge in [-0.05, 0) is 57.6 Å². The van der Waals surface area contributed by atoms with Crippen LogP contribution in [0.15, 0.2) is 18.2 Å². The minimum absolute atomic E-state index is 0.526. The largest absolute Gasteiger partial charge is 0.367 e. The van der Waals surface area contributed by atoms with Gasteiger partial charge < -0.3 is 15.1 Å². The van der Waals surface area contributed by atoms with Gasteiger partial charge in [-0.15, -0.1) is 0 Å². The summed E-state index contributed by atoms with van der Waals surface area (Å²) in [5.74, 6) is 0. The molecule has 1 aromatic rings. The third kappa shape index (κ3) is 4.60. The van der Waals surface area contributed by atoms with E-state index in [1.807, 2.05) is 0 Å². The van der Waals surface area contributed by atoms with Crippen molar-refractivity contribution in [2.75, 3.05) is 38.1 Å². The van der Waals surface area contributed by atoms with Crippen LogP contribution >= 0.6 is 11.6 Å². The maximum atomic E-state index is 6.47. The van der Waals surface area contributed by atoms with Crippen molar-refractivity contribution < 1.29 is 0 Å². The molecule has 0 aromatic heterocycles. The molecular weight excluding hydrogens is 282 g/mol. The van der Waals surface area contributed by atoms with Crippen molar-refractivity contribution in [3.8, 4) is 0 Å². The van der Waals surface area contributed by atoms with Crippen LogP contribution in [0.5, 0.6) is 0 Å². The Kier molecular flexibility index (Phi) is 6.34. The molecule has 1 saturated heterocycles. The van der Waals surface area contributed by atoms with Crippen molar-refractivity contribution in [1.82, 2.24) is 10.2 Å². The number of nitrogens with zero attached hydrogens (tertiary/aromatic N) is 2. The average Bonchev–Trinajstić information content (AvgIpc) is 2.61. The molecule has 1 unspecified atom stereocenters. The second-order valence-electron chi connectivity index (χ2n) is 6.11. The summed E-state index contributed by atoms with van der Waals surface area (Å²) in [6, 6.07) is 7.04. The Labute approximate surface area is 134 Å². The standard InChI is InChI=1S/C17H28ClN3/c1-4-8-19-12-15-6-7-16(11-17(15)18)21-10-5-9-20(3)13-14(21)2/h6-7,11,14,19H,4-5,8-10,12-13H2,1-3H3. The third-order valence-corrected chi connectivity index (χ3v) is 4.51. The number of hydrogen-bond donors (Lipinski definition) is 1. The van der Waals surface area contributed by atoms with Gasteiger partial charge in [0.2, 0.25) is 0 Å². The van der Waals surface area contributed by atoms with Crippen LogP contribution in [0.1, 0.15) is 32.3 Å². The van der Waals surface area contributed by atoms with Crippen LogP contribution in [-0.4, -0.2) is 44.2 Å². The number of halogens is 1. The molecule has 21 heavy (non-hydrogen) atoms. The molecule has 1 heterocycles. The second-order valence-corrected chi connectivity index (χ2v) is 6.52. The van der Waals surface area contributed by atoms with Crippen molar-refractivity contribution in [2.24, 2.45) is 0 Å². The molecular formula is C17H28ClN3. The summed E-state index contributed by atoms with van der Waals surface area (Å²) in [6.07, 6.45) is 2.35. The fourth-order valence-electron chi connectivity index (χ4n) is 3.01. The van der Waals surface area contributed by atoms with Crippen LogP contribution < -0.4 is 10.2 Å². The molecule has 1 aliphatic heterocycles. The Bertz CT molecular complexity index is 450. The van der Waals surface area contributed by atoms with Crippen molar-refractivity contribution >= 4 is 17.3 Å². The maximum absolute atomic E-state index is 6.47. The maximum Gasteiger partial charge on any atom is 0.0471 e. The fraction of sp³-hybridized carbons (Fsp3) is 0.647. The molecule has 1 aliphatic rings. The Morgan fingerprint density at radius 3 is 2.86 bits per heavy atom. The molecule has 2 rings (SSSR count). The topological polar surface area (TPSA) is 18.5 Å². The summed E-state index contributed by atoms with van der Waals surface area (Å²) < 4.78 is 0. The zero-order chi connectivity index (χ0) is 15.2. The van der Waals surface area contributed by atoms with Gasteiger partial charge in [0.05, 0.1) is 0 Å². The SMILES string of the molecule is CCCNCc1ccc(N2CCCN(C)CC2C)cc1Cl. The molecule has 0 saturated carbocycles. The fourth-order valence-corrected chi connectivity index (χ4v) is 3.26. The molecule has 4 heteroatoms. The molecule has 3 nitrogen and oxygen atoms in total. The number of anilines is 1. The first-order valence-electron chi connectivity index (χ1n) is 8.06. The van der Waals surface area contributed by atoms with Crippen LogP contribution in [0.4, 0.5) is 5.69 Å². The minimum Gasteiger partial charge on any atom is -0.367 e. The van der Waals surface area contributed by atoms with Crippen LogP contribution in [-0.2, 0) is 6.54 Å². The second kappa shape index (κ2) is 8.02. The summed E-state index contributed by atoms with van der Waals surface area (Å²) >= 11 is 6.47. The van der Waals surface area contributed by atoms with Crippen molar-refractivity contribution in [1.29, 1.82) is 0 Å². The molecule has 1 atom stereocenters. The lowest BCUT2D eigenvalue weighted by Crippen LogP contribution is -2.37. The Morgan fingerprint density at radius 1 is 1.33 bits per heavy atom. The van der Waals surface area contributed by atoms with E-state index in [9.17, 15) is 0 Å². The van der Waals surface area contributed by atoms with Crippen LogP contribution in [0.3, 0.4) is 0 Å². The molecule has 1 N–H and O–H groups in total. The summed E-state index contributed by atoms with van der Waals surface area (Å²) in [6.45, 7) is 9.75. The molecule has 0 aliphatic carbocycles. The van der Waals surface area contributed by atoms with Gasteiger partial charge in [0.1, 0.15) is 0 Å². The van der Waals surface area contributed by atoms with Gasteiger partial charge in [0, 0.05) is 36.4 Å². The van der Waals surface area contributed by atoms with E-state index >= 15 is 0 Å². The highest BCUT2D eigenvalue weighted by atomic mass is 35.5. The van der Waals surface area contributed by atoms with Crippen LogP contribution in [0, 0.1) is 0 Å². The minimum atomic E-state index is 0.526. The summed E-state index contributed by atoms with van der Waals surface area (Å²) in [4.78, 5) is 4.90. The molecule has 0 amide bonds. The van der Waals surface area contributed by atoms with Gasteiger partial charge in [-0.1, -0.05) is 24.6 Å². The van der Waals surface area contributed by atoms with Gasteiger partial charge in [-0.3, -0.25) is 0 Å². The lowest BCUT2D eigenvalue weighted by atomic mass is 10.1. The normalized spacial score (nSPS) is 20.6. The van der Waals surface area contributed by atoms with E-state index in [4.69, 9.17) is 11.6 Å². The van der Waals surface area contributed by atoms with E-state index in [0.29, 0.717) is 6.04 Å². The van der Waals surface area contributed by atoms with E-state index < -0.39 is 0 Å². The first-order valence-corrected chi connectivity index (χ1v) is 8.44. The summed E-state index contributed by atoms with van der Waals surface area (Å²) in [7, 11) is 2.20. The average molecular weight is 310 g/mol. The van der Waals surface area contributed by atoms with Gasteiger partial charge in [0.15, 0.2) is 0 Å². The first kappa shape index (κ1) is 16.6. The molecule has 0 spiro atoms. The zero-order valence-electron chi connectivity index (χ0n) is 13.5. The zero-order valence-corrected chi connectivity index (χ0v) is 14.3. The molecule has 1 fully saturated rings. The van der Waals surface area contributed by atoms with E-state index in [-0.39, 0.29) is 0 Å². The van der Waals surface area contributed by atoms with Gasteiger partial charge in [0.25, 0.3) is 0 Å². The first-order chi connectivity index (χ1) is 10.1. The van der Waals surface area contributed by atoms with E-state index in [0.717, 1.165) is 37.6 Å². The number of likely N-dealkylation sites (N-methyl/N-ethyl adjacent to an activating group) is 1. The predicted molar refractivity (Wildman–Crippen MR) is 92.4 cm³/mol. The third-order valence-electron chi connectivity index (χ3n) is 4.16. The van der Waals surface area contributed by atoms with Crippen molar-refractivity contribution in [3.05, 3.63) is 28.8 Å². The number of benzene rings is 1. The highest BCUT2D eigenvalue weighted by Gasteiger charge is 2.20. The molecule has 118 valence electrons. The lowest BCUT2D eigenvalue weighted by molar-refractivity contribution is 0.337. The van der Waals surface area contributed by atoms with Gasteiger partial charge in [-0.25, -0.2) is 0 Å². The Hall–Kier alpha value is -0.770. The highest BCUT2D eigenvalue weighted by Crippen LogP contribution is 2.26. The quantitative estimate of drug-likeness (QED) is 0.841. The summed E-state index contributed by atoms with van der Waals surface area (Å²) in [5.41, 5.74) is 2.44. The van der Waals surface area contributed by atoms with Crippen LogP contribution in [0.25, 0.3) is 0 Å². The van der Waals surface area contributed by atoms with Gasteiger partial charge in [-0.2, -0.15) is 0 Å². The molecule has 0 bridgehead atoms. The van der Waals surface area contributed by atoms with Crippen molar-refractivity contribution in [3.63, 3.8) is 0 Å². The van der Waals surface area contributed by atoms with E-state index in [2.05, 4.69) is 54.2 Å². The van der Waals surface area contributed by atoms with E-state index in [1.54, 1.807) is 0 Å². The highest BCUT2D eigenvalue weighted by molar-refractivity contribution is 6.31. The monoisotopic (exact) mass is 309 g/mol. The Balaban J connectivity index is 2.07. The van der Waals surface area contributed by atoms with Gasteiger partial charge >= 0.3 is 0 Å². The smallest absolute Gasteiger partial charge is 0.0471 e. The predicted octanol–water partition coefficient (Wildman–Crippen LogP) is 3.37. The van der Waals surface area contributed by atoms with Crippen molar-refractivity contribution in [2.45, 2.75) is 39.3 Å². The summed E-state index contributed by atoms with van der Waals surface area (Å²) in [5, 5.41) is 4.29. The lowest BCUT2D eigenvalue weighted by Gasteiger charge is -2.30. The number of nitrogens with one attached hydrogen (secondary N) is 1. The number of hydrogen-bond acceptors (Lipinski definition) is 3. The number of rotatable bonds is 5. The molecule has 0 radical (unpaired) electrons. The van der Waals surface area contributed by atoms with E-state index in [1.165, 1.54) is 24.2 Å². The Morgan fingerprint density at radius 2 is 2.14 bits per heavy atom. The molecule has 1 aromatic carbocycles. The van der Waals surface area contributed by atoms with Crippen LogP contribution in [0.2, 0.25) is 5.02 Å².